The van der Waals surface area contributed by atoms with Gasteiger partial charge >= 0.3 is 0 Å². The molecule has 1 unspecified atom stereocenters. The summed E-state index contributed by atoms with van der Waals surface area (Å²) in [6.07, 6.45) is 0. The van der Waals surface area contributed by atoms with Crippen LogP contribution in [0.5, 0.6) is 0 Å². The lowest BCUT2D eigenvalue weighted by Gasteiger charge is -2.31. The van der Waals surface area contributed by atoms with E-state index in [2.05, 4.69) is 17.1 Å². The molecule has 19 heavy (non-hydrogen) atoms. The maximum Gasteiger partial charge on any atom is 0.179 e. The van der Waals surface area contributed by atoms with Crippen LogP contribution in [-0.2, 0) is 0 Å². The summed E-state index contributed by atoms with van der Waals surface area (Å²) in [4.78, 5) is 15.9. The number of carbonyl (C=O) groups excluding carboxylic acids is 1. The van der Waals surface area contributed by atoms with Gasteiger partial charge in [-0.05, 0) is 24.8 Å². The molecule has 1 saturated heterocycles. The van der Waals surface area contributed by atoms with E-state index in [1.807, 2.05) is 31.2 Å². The molecule has 1 aliphatic heterocycles. The molecule has 1 heterocycles. The predicted octanol–water partition coefficient (Wildman–Crippen LogP) is 2.28. The van der Waals surface area contributed by atoms with E-state index in [9.17, 15) is 4.79 Å². The van der Waals surface area contributed by atoms with Crippen molar-refractivity contribution in [2.45, 2.75) is 24.8 Å². The lowest BCUT2D eigenvalue weighted by atomic mass is 10.0. The summed E-state index contributed by atoms with van der Waals surface area (Å²) in [5, 5.41) is 3.31. The number of nitrogens with zero attached hydrogens (tertiary/aromatic N) is 1. The van der Waals surface area contributed by atoms with Crippen molar-refractivity contribution in [1.82, 2.24) is 10.2 Å². The van der Waals surface area contributed by atoms with Crippen LogP contribution in [-0.4, -0.2) is 48.7 Å². The number of ketones is 1. The van der Waals surface area contributed by atoms with Crippen molar-refractivity contribution in [3.8, 4) is 0 Å². The molecule has 0 saturated carbocycles. The molecule has 1 aromatic rings. The van der Waals surface area contributed by atoms with Crippen molar-refractivity contribution in [2.24, 2.45) is 0 Å². The number of nitrogens with one attached hydrogen (secondary N) is 1. The van der Waals surface area contributed by atoms with Crippen LogP contribution < -0.4 is 5.32 Å². The molecule has 1 atom stereocenters. The molecule has 0 radical (unpaired) electrons. The second-order valence-electron chi connectivity index (χ2n) is 4.78. The van der Waals surface area contributed by atoms with E-state index >= 15 is 0 Å². The van der Waals surface area contributed by atoms with Crippen LogP contribution in [0.3, 0.4) is 0 Å². The van der Waals surface area contributed by atoms with E-state index < -0.39 is 0 Å². The summed E-state index contributed by atoms with van der Waals surface area (Å²) >= 11 is 1.80. The van der Waals surface area contributed by atoms with Gasteiger partial charge in [-0.1, -0.05) is 19.1 Å². The molecule has 0 amide bonds. The summed E-state index contributed by atoms with van der Waals surface area (Å²) in [5.74, 6) is 1.29. The molecule has 2 rings (SSSR count). The van der Waals surface area contributed by atoms with Crippen molar-refractivity contribution >= 4 is 17.5 Å². The van der Waals surface area contributed by atoms with E-state index in [0.717, 1.165) is 37.5 Å². The zero-order valence-electron chi connectivity index (χ0n) is 11.7. The summed E-state index contributed by atoms with van der Waals surface area (Å²) in [6.45, 7) is 8.01. The highest BCUT2D eigenvalue weighted by Gasteiger charge is 2.23. The van der Waals surface area contributed by atoms with Gasteiger partial charge in [-0.15, -0.1) is 11.8 Å². The minimum Gasteiger partial charge on any atom is -0.314 e. The van der Waals surface area contributed by atoms with E-state index in [1.54, 1.807) is 11.8 Å². The van der Waals surface area contributed by atoms with Gasteiger partial charge in [0.25, 0.3) is 0 Å². The van der Waals surface area contributed by atoms with E-state index in [4.69, 9.17) is 0 Å². The van der Waals surface area contributed by atoms with Gasteiger partial charge in [-0.3, -0.25) is 9.69 Å². The highest BCUT2D eigenvalue weighted by Crippen LogP contribution is 2.19. The largest absolute Gasteiger partial charge is 0.314 e. The second kappa shape index (κ2) is 7.08. The second-order valence-corrected chi connectivity index (χ2v) is 6.12. The first-order chi connectivity index (χ1) is 9.22. The van der Waals surface area contributed by atoms with Gasteiger partial charge in [0.15, 0.2) is 5.78 Å². The molecule has 1 N–H and O–H groups in total. The first-order valence-corrected chi connectivity index (χ1v) is 7.92. The smallest absolute Gasteiger partial charge is 0.179 e. The van der Waals surface area contributed by atoms with Crippen LogP contribution in [0.25, 0.3) is 0 Å². The van der Waals surface area contributed by atoms with Gasteiger partial charge < -0.3 is 5.32 Å². The third-order valence-corrected chi connectivity index (χ3v) is 4.42. The average molecular weight is 278 g/mol. The van der Waals surface area contributed by atoms with Gasteiger partial charge in [0.05, 0.1) is 6.04 Å². The number of rotatable bonds is 5. The number of hydrogen-bond acceptors (Lipinski definition) is 4. The van der Waals surface area contributed by atoms with Gasteiger partial charge in [-0.25, -0.2) is 0 Å². The lowest BCUT2D eigenvalue weighted by molar-refractivity contribution is 0.0820. The Labute approximate surface area is 119 Å². The van der Waals surface area contributed by atoms with Crippen LogP contribution in [0.15, 0.2) is 29.2 Å². The Bertz CT molecular complexity index is 413. The maximum atomic E-state index is 12.4. The zero-order chi connectivity index (χ0) is 13.7. The van der Waals surface area contributed by atoms with Gasteiger partial charge in [0.1, 0.15) is 0 Å². The Morgan fingerprint density at radius 3 is 2.53 bits per heavy atom. The van der Waals surface area contributed by atoms with E-state index in [-0.39, 0.29) is 11.8 Å². The highest BCUT2D eigenvalue weighted by atomic mass is 32.2. The number of thioether (sulfide) groups is 1. The predicted molar refractivity (Wildman–Crippen MR) is 81.1 cm³/mol. The van der Waals surface area contributed by atoms with Crippen LogP contribution >= 0.6 is 11.8 Å². The molecule has 0 bridgehead atoms. The first-order valence-electron chi connectivity index (χ1n) is 6.94. The minimum absolute atomic E-state index is 0.0215. The number of piperazine rings is 1. The quantitative estimate of drug-likeness (QED) is 0.661. The van der Waals surface area contributed by atoms with Crippen molar-refractivity contribution < 1.29 is 4.79 Å². The van der Waals surface area contributed by atoms with Crippen molar-refractivity contribution in [3.63, 3.8) is 0 Å². The molecule has 0 aliphatic carbocycles. The molecular formula is C15H22N2OS. The van der Waals surface area contributed by atoms with Crippen molar-refractivity contribution in [2.75, 3.05) is 31.9 Å². The average Bonchev–Trinajstić information content (AvgIpc) is 2.48. The maximum absolute atomic E-state index is 12.4. The zero-order valence-corrected chi connectivity index (χ0v) is 12.5. The van der Waals surface area contributed by atoms with Crippen molar-refractivity contribution in [3.05, 3.63) is 29.8 Å². The van der Waals surface area contributed by atoms with Crippen molar-refractivity contribution in [1.29, 1.82) is 0 Å². The Balaban J connectivity index is 2.01. The fourth-order valence-electron chi connectivity index (χ4n) is 2.36. The normalized spacial score (nSPS) is 18.2. The van der Waals surface area contributed by atoms with Gasteiger partial charge in [0.2, 0.25) is 0 Å². The Morgan fingerprint density at radius 2 is 1.95 bits per heavy atom. The monoisotopic (exact) mass is 278 g/mol. The molecule has 104 valence electrons. The highest BCUT2D eigenvalue weighted by molar-refractivity contribution is 7.99. The molecule has 4 heteroatoms. The fraction of sp³-hybridized carbons (Fsp3) is 0.533. The van der Waals surface area contributed by atoms with E-state index in [0.29, 0.717) is 0 Å². The lowest BCUT2D eigenvalue weighted by Crippen LogP contribution is -2.50. The molecule has 1 fully saturated rings. The molecular weight excluding hydrogens is 256 g/mol. The molecule has 3 nitrogen and oxygen atoms in total. The minimum atomic E-state index is -0.0215. The molecule has 1 aliphatic rings. The summed E-state index contributed by atoms with van der Waals surface area (Å²) < 4.78 is 0. The van der Waals surface area contributed by atoms with Gasteiger partial charge in [0, 0.05) is 36.6 Å². The van der Waals surface area contributed by atoms with Crippen LogP contribution in [0.4, 0.5) is 0 Å². The molecule has 0 spiro atoms. The summed E-state index contributed by atoms with van der Waals surface area (Å²) in [5.41, 5.74) is 0.825. The Morgan fingerprint density at radius 1 is 1.32 bits per heavy atom. The van der Waals surface area contributed by atoms with E-state index in [1.165, 1.54) is 4.90 Å². The first kappa shape index (κ1) is 14.6. The fourth-order valence-corrected chi connectivity index (χ4v) is 3.02. The number of carbonyl (C=O) groups is 1. The number of hydrogen-bond donors (Lipinski definition) is 1. The Kier molecular flexibility index (Phi) is 5.43. The standard InChI is InChI=1S/C15H22N2OS/c1-3-19-14-6-4-13(5-7-14)15(18)12(2)17-10-8-16-9-11-17/h4-7,12,16H,3,8-11H2,1-2H3. The van der Waals surface area contributed by atoms with Crippen LogP contribution in [0, 0.1) is 0 Å². The van der Waals surface area contributed by atoms with Gasteiger partial charge in [-0.2, -0.15) is 0 Å². The summed E-state index contributed by atoms with van der Waals surface area (Å²) in [6, 6.07) is 7.99. The number of benzene rings is 1. The topological polar surface area (TPSA) is 32.3 Å². The molecule has 1 aromatic carbocycles. The molecule has 0 aromatic heterocycles. The number of Topliss-reactive ketones (excluding diaryl/α,β-unsaturated/α-hetero) is 1. The summed E-state index contributed by atoms with van der Waals surface area (Å²) in [7, 11) is 0. The Hall–Kier alpha value is -0.840. The third kappa shape index (κ3) is 3.81. The third-order valence-electron chi connectivity index (χ3n) is 3.53. The van der Waals surface area contributed by atoms with Crippen LogP contribution in [0.2, 0.25) is 0 Å². The van der Waals surface area contributed by atoms with Crippen LogP contribution in [0.1, 0.15) is 24.2 Å². The SMILES string of the molecule is CCSc1ccc(C(=O)C(C)N2CCNCC2)cc1.